The molecule has 0 amide bonds. The number of quaternary nitrogens is 1. The van der Waals surface area contributed by atoms with Gasteiger partial charge >= 0.3 is 0 Å². The summed E-state index contributed by atoms with van der Waals surface area (Å²) < 4.78 is 1.76. The van der Waals surface area contributed by atoms with Crippen LogP contribution in [-0.4, -0.2) is 22.9 Å². The van der Waals surface area contributed by atoms with E-state index in [0.29, 0.717) is 6.42 Å². The molecule has 1 aliphatic heterocycles. The molecule has 178 valence electrons. The van der Waals surface area contributed by atoms with Crippen molar-refractivity contribution >= 4 is 22.4 Å². The molecule has 4 aromatic rings. The van der Waals surface area contributed by atoms with Crippen molar-refractivity contribution in [1.82, 2.24) is 9.78 Å². The third-order valence-electron chi connectivity index (χ3n) is 6.41. The monoisotopic (exact) mass is 516 g/mol. The molecule has 1 aliphatic rings. The maximum atomic E-state index is 13.3. The van der Waals surface area contributed by atoms with Crippen molar-refractivity contribution in [2.45, 2.75) is 31.8 Å². The molecule has 2 aromatic heterocycles. The second kappa shape index (κ2) is 11.8. The molecule has 2 N–H and O–H groups in total. The van der Waals surface area contributed by atoms with E-state index in [-0.39, 0.29) is 36.4 Å². The van der Waals surface area contributed by atoms with E-state index in [1.54, 1.807) is 9.58 Å². The Balaban J connectivity index is 0.00000162. The minimum Gasteiger partial charge on any atom is -1.00 e. The molecule has 3 heterocycles. The molecular weight excluding hydrogens is 491 g/mol. The Hall–Kier alpha value is -2.44. The summed E-state index contributed by atoms with van der Waals surface area (Å²) in [6.07, 6.45) is 4.55. The van der Waals surface area contributed by atoms with Crippen LogP contribution in [0.3, 0.4) is 0 Å². The van der Waals surface area contributed by atoms with Crippen molar-refractivity contribution in [2.24, 2.45) is 0 Å². The quantitative estimate of drug-likeness (QED) is 0.305. The fourth-order valence-corrected chi connectivity index (χ4v) is 4.82. The van der Waals surface area contributed by atoms with Crippen molar-refractivity contribution < 1.29 is 34.7 Å². The zero-order valence-electron chi connectivity index (χ0n) is 18.7. The van der Waals surface area contributed by atoms with E-state index in [9.17, 15) is 4.79 Å². The Morgan fingerprint density at radius 1 is 0.941 bits per heavy atom. The van der Waals surface area contributed by atoms with Crippen molar-refractivity contribution in [1.29, 1.82) is 0 Å². The highest BCUT2D eigenvalue weighted by atomic mass is 35.5. The first kappa shape index (κ1) is 26.2. The first-order chi connectivity index (χ1) is 15.7. The molecule has 1 fully saturated rings. The average Bonchev–Trinajstić information content (AvgIpc) is 2.84. The van der Waals surface area contributed by atoms with Gasteiger partial charge in [0.1, 0.15) is 0 Å². The normalized spacial score (nSPS) is 17.6. The van der Waals surface area contributed by atoms with Gasteiger partial charge in [-0.25, -0.2) is 9.67 Å². The first-order valence-electron chi connectivity index (χ1n) is 11.2. The fourth-order valence-electron chi connectivity index (χ4n) is 4.69. The van der Waals surface area contributed by atoms with Gasteiger partial charge in [0.15, 0.2) is 12.7 Å². The maximum absolute atomic E-state index is 13.3. The SMILES string of the molecule is O=c1c2ccccc2c(Cc2ccc(Cl)cc2)nn1C1CC[NH+](Cc2cccc[nH+]2)CC1.[Cl-].[Cl-]. The molecule has 8 heteroatoms. The summed E-state index contributed by atoms with van der Waals surface area (Å²) in [4.78, 5) is 18.2. The predicted molar refractivity (Wildman–Crippen MR) is 126 cm³/mol. The number of hydrogen-bond donors (Lipinski definition) is 1. The van der Waals surface area contributed by atoms with Crippen LogP contribution in [0.15, 0.2) is 77.7 Å². The number of pyridine rings is 1. The van der Waals surface area contributed by atoms with Gasteiger partial charge in [-0.2, -0.15) is 5.10 Å². The van der Waals surface area contributed by atoms with Crippen molar-refractivity contribution in [3.8, 4) is 0 Å². The molecule has 2 aromatic carbocycles. The van der Waals surface area contributed by atoms with Crippen molar-refractivity contribution in [3.05, 3.63) is 105 Å². The first-order valence-corrected chi connectivity index (χ1v) is 11.6. The topological polar surface area (TPSA) is 53.5 Å². The van der Waals surface area contributed by atoms with Crippen LogP contribution < -0.4 is 40.3 Å². The molecule has 0 spiro atoms. The largest absolute Gasteiger partial charge is 1.00 e. The summed E-state index contributed by atoms with van der Waals surface area (Å²) in [5.41, 5.74) is 3.34. The Kier molecular flexibility index (Phi) is 9.09. The number of nitrogens with zero attached hydrogens (tertiary/aromatic N) is 2. The number of fused-ring (bicyclic) bond motifs is 1. The summed E-state index contributed by atoms with van der Waals surface area (Å²) in [5.74, 6) is 0. The van der Waals surface area contributed by atoms with E-state index in [1.165, 1.54) is 5.69 Å². The lowest BCUT2D eigenvalue weighted by Gasteiger charge is -2.29. The van der Waals surface area contributed by atoms with Gasteiger partial charge in [0.05, 0.1) is 30.2 Å². The molecule has 1 saturated heterocycles. The van der Waals surface area contributed by atoms with E-state index in [1.807, 2.05) is 60.8 Å². The highest BCUT2D eigenvalue weighted by Crippen LogP contribution is 2.21. The van der Waals surface area contributed by atoms with Crippen LogP contribution in [0.1, 0.15) is 35.8 Å². The van der Waals surface area contributed by atoms with Gasteiger partial charge in [-0.3, -0.25) is 4.79 Å². The van der Waals surface area contributed by atoms with Crippen molar-refractivity contribution in [3.63, 3.8) is 0 Å². The second-order valence-corrected chi connectivity index (χ2v) is 9.03. The summed E-state index contributed by atoms with van der Waals surface area (Å²) in [7, 11) is 0. The smallest absolute Gasteiger partial charge is 0.274 e. The van der Waals surface area contributed by atoms with Gasteiger partial charge in [-0.15, -0.1) is 0 Å². The summed E-state index contributed by atoms with van der Waals surface area (Å²) in [5, 5.41) is 7.31. The number of halogens is 3. The molecule has 5 nitrogen and oxygen atoms in total. The molecule has 0 bridgehead atoms. The van der Waals surface area contributed by atoms with Gasteiger partial charge in [-0.05, 0) is 29.8 Å². The van der Waals surface area contributed by atoms with Gasteiger partial charge in [0.25, 0.3) is 5.56 Å². The number of benzene rings is 2. The number of likely N-dealkylation sites (tertiary alicyclic amines) is 1. The Morgan fingerprint density at radius 3 is 2.29 bits per heavy atom. The number of H-pyrrole nitrogens is 1. The van der Waals surface area contributed by atoms with Gasteiger partial charge < -0.3 is 29.7 Å². The third-order valence-corrected chi connectivity index (χ3v) is 6.66. The van der Waals surface area contributed by atoms with Crippen LogP contribution in [0, 0.1) is 0 Å². The lowest BCUT2D eigenvalue weighted by atomic mass is 10.0. The number of hydrogen-bond acceptors (Lipinski definition) is 2. The molecule has 0 atom stereocenters. The summed E-state index contributed by atoms with van der Waals surface area (Å²) >= 11 is 6.06. The van der Waals surface area contributed by atoms with E-state index in [4.69, 9.17) is 16.7 Å². The molecular formula is C26H27Cl3N4O. The average molecular weight is 518 g/mol. The summed E-state index contributed by atoms with van der Waals surface area (Å²) in [6, 6.07) is 22.0. The number of rotatable bonds is 5. The lowest BCUT2D eigenvalue weighted by molar-refractivity contribution is -0.923. The minimum absolute atomic E-state index is 0. The van der Waals surface area contributed by atoms with E-state index in [0.717, 1.165) is 59.5 Å². The van der Waals surface area contributed by atoms with Crippen LogP contribution in [0.2, 0.25) is 5.02 Å². The maximum Gasteiger partial charge on any atom is 0.274 e. The number of aromatic nitrogens is 3. The van der Waals surface area contributed by atoms with Crippen LogP contribution in [0.4, 0.5) is 0 Å². The molecule has 0 radical (unpaired) electrons. The standard InChI is InChI=1S/C26H25ClN4O.2ClH/c27-20-10-8-19(9-11-20)17-25-23-6-1-2-7-24(23)26(32)31(29-25)22-12-15-30(16-13-22)18-21-5-3-4-14-28-21;;/h1-11,14,22H,12-13,15-18H2;2*1H. The van der Waals surface area contributed by atoms with Gasteiger partial charge in [0.2, 0.25) is 5.69 Å². The Bertz CT molecular complexity index is 1270. The zero-order valence-corrected chi connectivity index (χ0v) is 21.0. The van der Waals surface area contributed by atoms with Crippen molar-refractivity contribution in [2.75, 3.05) is 13.1 Å². The summed E-state index contributed by atoms with van der Waals surface area (Å²) in [6.45, 7) is 3.04. The van der Waals surface area contributed by atoms with Crippen LogP contribution >= 0.6 is 11.6 Å². The lowest BCUT2D eigenvalue weighted by Crippen LogP contribution is -3.12. The molecule has 5 rings (SSSR count). The zero-order chi connectivity index (χ0) is 21.9. The minimum atomic E-state index is 0. The number of piperidine rings is 1. The number of nitrogens with one attached hydrogen (secondary N) is 2. The molecule has 0 saturated carbocycles. The molecule has 34 heavy (non-hydrogen) atoms. The molecule has 0 unspecified atom stereocenters. The Morgan fingerprint density at radius 2 is 1.62 bits per heavy atom. The Labute approximate surface area is 216 Å². The van der Waals surface area contributed by atoms with E-state index < -0.39 is 0 Å². The van der Waals surface area contributed by atoms with Crippen LogP contribution in [0.25, 0.3) is 10.8 Å². The fraction of sp³-hybridized carbons (Fsp3) is 0.269. The number of aromatic amines is 1. The van der Waals surface area contributed by atoms with Crippen LogP contribution in [-0.2, 0) is 13.0 Å². The van der Waals surface area contributed by atoms with E-state index >= 15 is 0 Å². The van der Waals surface area contributed by atoms with E-state index in [2.05, 4.69) is 17.1 Å². The van der Waals surface area contributed by atoms with Crippen LogP contribution in [0.5, 0.6) is 0 Å². The van der Waals surface area contributed by atoms with Gasteiger partial charge in [0, 0.05) is 41.8 Å². The highest BCUT2D eigenvalue weighted by Gasteiger charge is 2.27. The highest BCUT2D eigenvalue weighted by molar-refractivity contribution is 6.30. The predicted octanol–water partition coefficient (Wildman–Crippen LogP) is -3.12. The van der Waals surface area contributed by atoms with Gasteiger partial charge in [-0.1, -0.05) is 41.9 Å². The third kappa shape index (κ3) is 5.78. The second-order valence-electron chi connectivity index (χ2n) is 8.59. The molecule has 0 aliphatic carbocycles.